The maximum Gasteiger partial charge on any atom is 0.407 e. The second-order valence-corrected chi connectivity index (χ2v) is 7.17. The van der Waals surface area contributed by atoms with Gasteiger partial charge in [0.25, 0.3) is 0 Å². The van der Waals surface area contributed by atoms with Gasteiger partial charge in [-0.05, 0) is 69.9 Å². The third-order valence-electron chi connectivity index (χ3n) is 3.93. The second kappa shape index (κ2) is 6.65. The van der Waals surface area contributed by atoms with Crippen LogP contribution in [0, 0.1) is 13.8 Å². The van der Waals surface area contributed by atoms with Crippen molar-refractivity contribution < 1.29 is 14.3 Å². The summed E-state index contributed by atoms with van der Waals surface area (Å²) in [6.07, 6.45) is 2.71. The van der Waals surface area contributed by atoms with Gasteiger partial charge in [-0.15, -0.1) is 6.58 Å². The predicted octanol–water partition coefficient (Wildman–Crippen LogP) is 4.08. The summed E-state index contributed by atoms with van der Waals surface area (Å²) in [6, 6.07) is 4.11. The molecule has 0 radical (unpaired) electrons. The van der Waals surface area contributed by atoms with Crippen molar-refractivity contribution in [1.82, 2.24) is 5.32 Å². The van der Waals surface area contributed by atoms with Crippen LogP contribution in [-0.4, -0.2) is 23.8 Å². The van der Waals surface area contributed by atoms with Crippen LogP contribution in [0.4, 0.5) is 4.79 Å². The Morgan fingerprint density at radius 1 is 1.30 bits per heavy atom. The van der Waals surface area contributed by atoms with Crippen LogP contribution >= 0.6 is 0 Å². The molecule has 0 spiro atoms. The lowest BCUT2D eigenvalue weighted by Crippen LogP contribution is -2.34. The summed E-state index contributed by atoms with van der Waals surface area (Å²) in [6.45, 7) is 14.0. The average Bonchev–Trinajstić information content (AvgIpc) is 2.72. The van der Waals surface area contributed by atoms with Crippen molar-refractivity contribution in [3.63, 3.8) is 0 Å². The van der Waals surface area contributed by atoms with E-state index < -0.39 is 0 Å². The topological polar surface area (TPSA) is 47.6 Å². The van der Waals surface area contributed by atoms with Crippen molar-refractivity contribution in [3.8, 4) is 5.75 Å². The molecule has 1 aliphatic heterocycles. The van der Waals surface area contributed by atoms with Crippen molar-refractivity contribution in [2.75, 3.05) is 0 Å². The Morgan fingerprint density at radius 2 is 1.91 bits per heavy atom. The van der Waals surface area contributed by atoms with Gasteiger partial charge in [-0.2, -0.15) is 0 Å². The molecule has 0 aromatic heterocycles. The molecule has 1 aromatic carbocycles. The third-order valence-corrected chi connectivity index (χ3v) is 3.93. The van der Waals surface area contributed by atoms with Gasteiger partial charge in [-0.25, -0.2) is 4.79 Å². The Labute approximate surface area is 138 Å². The van der Waals surface area contributed by atoms with E-state index in [0.717, 1.165) is 12.2 Å². The molecule has 0 bridgehead atoms. The highest BCUT2D eigenvalue weighted by Crippen LogP contribution is 2.27. The van der Waals surface area contributed by atoms with Gasteiger partial charge >= 0.3 is 6.09 Å². The minimum atomic E-state index is -0.343. The van der Waals surface area contributed by atoms with Gasteiger partial charge in [0, 0.05) is 6.42 Å². The molecular formula is C19H27NO3. The molecule has 1 amide bonds. The minimum absolute atomic E-state index is 0.0210. The summed E-state index contributed by atoms with van der Waals surface area (Å²) in [7, 11) is 0. The quantitative estimate of drug-likeness (QED) is 0.833. The van der Waals surface area contributed by atoms with Crippen molar-refractivity contribution in [2.24, 2.45) is 0 Å². The number of aryl methyl sites for hydroxylation is 2. The van der Waals surface area contributed by atoms with E-state index in [1.807, 2.05) is 20.8 Å². The number of alkyl carbamates (subject to hydrolysis) is 1. The molecule has 1 N–H and O–H groups in total. The molecule has 2 atom stereocenters. The highest BCUT2D eigenvalue weighted by Gasteiger charge is 2.33. The van der Waals surface area contributed by atoms with Crippen LogP contribution in [0.25, 0.3) is 0 Å². The van der Waals surface area contributed by atoms with Crippen molar-refractivity contribution in [2.45, 2.75) is 65.2 Å². The maximum absolute atomic E-state index is 11.5. The lowest BCUT2D eigenvalue weighted by molar-refractivity contribution is 0.130. The Bertz CT molecular complexity index is 578. The standard InChI is InChI=1S/C19H27NO3/c1-7-8-17-16(20-18(21)22-17)11-15-12(2)9-14(10-13(15)3)23-19(4,5)6/h7,9-10,16-17H,1,8,11H2,2-6H3,(H,20,21)/t16-,17-/m0/s1. The maximum atomic E-state index is 11.5. The molecular weight excluding hydrogens is 290 g/mol. The minimum Gasteiger partial charge on any atom is -0.488 e. The Morgan fingerprint density at radius 3 is 2.43 bits per heavy atom. The summed E-state index contributed by atoms with van der Waals surface area (Å²) < 4.78 is 11.3. The molecule has 0 unspecified atom stereocenters. The highest BCUT2D eigenvalue weighted by molar-refractivity contribution is 5.70. The van der Waals surface area contributed by atoms with Gasteiger partial charge in [0.05, 0.1) is 6.04 Å². The Kier molecular flexibility index (Phi) is 5.03. The first-order chi connectivity index (χ1) is 10.7. The van der Waals surface area contributed by atoms with Gasteiger partial charge in [-0.3, -0.25) is 0 Å². The van der Waals surface area contributed by atoms with Crippen LogP contribution in [0.2, 0.25) is 0 Å². The molecule has 0 saturated carbocycles. The molecule has 1 aromatic rings. The lowest BCUT2D eigenvalue weighted by atomic mass is 9.93. The smallest absolute Gasteiger partial charge is 0.407 e. The average molecular weight is 317 g/mol. The fourth-order valence-electron chi connectivity index (χ4n) is 2.97. The van der Waals surface area contributed by atoms with Crippen LogP contribution in [0.15, 0.2) is 24.8 Å². The first kappa shape index (κ1) is 17.4. The number of carbonyl (C=O) groups is 1. The zero-order valence-corrected chi connectivity index (χ0v) is 14.7. The molecule has 1 fully saturated rings. The fourth-order valence-corrected chi connectivity index (χ4v) is 2.97. The van der Waals surface area contributed by atoms with E-state index in [1.54, 1.807) is 6.08 Å². The van der Waals surface area contributed by atoms with E-state index in [1.165, 1.54) is 16.7 Å². The van der Waals surface area contributed by atoms with Crippen molar-refractivity contribution in [1.29, 1.82) is 0 Å². The number of amides is 1. The molecule has 0 aliphatic carbocycles. The molecule has 1 aliphatic rings. The lowest BCUT2D eigenvalue weighted by Gasteiger charge is -2.24. The van der Waals surface area contributed by atoms with E-state index in [4.69, 9.17) is 9.47 Å². The molecule has 126 valence electrons. The first-order valence-electron chi connectivity index (χ1n) is 8.07. The second-order valence-electron chi connectivity index (χ2n) is 7.17. The Balaban J connectivity index is 2.20. The zero-order valence-electron chi connectivity index (χ0n) is 14.7. The van der Waals surface area contributed by atoms with Gasteiger partial charge in [0.2, 0.25) is 0 Å². The van der Waals surface area contributed by atoms with Crippen LogP contribution in [0.5, 0.6) is 5.75 Å². The number of benzene rings is 1. The van der Waals surface area contributed by atoms with E-state index in [2.05, 4.69) is 37.9 Å². The predicted molar refractivity (Wildman–Crippen MR) is 92.0 cm³/mol. The number of hydrogen-bond acceptors (Lipinski definition) is 3. The normalized spacial score (nSPS) is 20.8. The van der Waals surface area contributed by atoms with Crippen molar-refractivity contribution >= 4 is 6.09 Å². The molecule has 1 saturated heterocycles. The number of ether oxygens (including phenoxy) is 2. The van der Waals surface area contributed by atoms with Gasteiger partial charge in [-0.1, -0.05) is 6.08 Å². The van der Waals surface area contributed by atoms with E-state index in [0.29, 0.717) is 6.42 Å². The fraction of sp³-hybridized carbons (Fsp3) is 0.526. The van der Waals surface area contributed by atoms with Crippen LogP contribution in [0.3, 0.4) is 0 Å². The summed E-state index contributed by atoms with van der Waals surface area (Å²) in [4.78, 5) is 11.5. The number of nitrogens with one attached hydrogen (secondary N) is 1. The third kappa shape index (κ3) is 4.50. The van der Waals surface area contributed by atoms with Crippen LogP contribution < -0.4 is 10.1 Å². The van der Waals surface area contributed by atoms with Crippen molar-refractivity contribution in [3.05, 3.63) is 41.5 Å². The number of cyclic esters (lactones) is 1. The van der Waals surface area contributed by atoms with Gasteiger partial charge < -0.3 is 14.8 Å². The van der Waals surface area contributed by atoms with E-state index in [-0.39, 0.29) is 23.8 Å². The SMILES string of the molecule is C=CC[C@@H]1OC(=O)N[C@H]1Cc1c(C)cc(OC(C)(C)C)cc1C. The monoisotopic (exact) mass is 317 g/mol. The summed E-state index contributed by atoms with van der Waals surface area (Å²) in [5.74, 6) is 0.880. The largest absolute Gasteiger partial charge is 0.488 e. The molecule has 2 rings (SSSR count). The summed E-state index contributed by atoms with van der Waals surface area (Å²) in [5.41, 5.74) is 3.35. The molecule has 1 heterocycles. The van der Waals surface area contributed by atoms with Gasteiger partial charge in [0.15, 0.2) is 0 Å². The summed E-state index contributed by atoms with van der Waals surface area (Å²) >= 11 is 0. The van der Waals surface area contributed by atoms with Crippen LogP contribution in [-0.2, 0) is 11.2 Å². The summed E-state index contributed by atoms with van der Waals surface area (Å²) in [5, 5.41) is 2.90. The van der Waals surface area contributed by atoms with E-state index >= 15 is 0 Å². The first-order valence-corrected chi connectivity index (χ1v) is 8.07. The number of hydrogen-bond donors (Lipinski definition) is 1. The Hall–Kier alpha value is -1.97. The van der Waals surface area contributed by atoms with Crippen LogP contribution in [0.1, 0.15) is 43.9 Å². The molecule has 4 nitrogen and oxygen atoms in total. The highest BCUT2D eigenvalue weighted by atomic mass is 16.6. The zero-order chi connectivity index (χ0) is 17.2. The molecule has 4 heteroatoms. The molecule has 23 heavy (non-hydrogen) atoms. The number of rotatable bonds is 5. The number of carbonyl (C=O) groups excluding carboxylic acids is 1. The van der Waals surface area contributed by atoms with Gasteiger partial charge in [0.1, 0.15) is 17.5 Å². The van der Waals surface area contributed by atoms with E-state index in [9.17, 15) is 4.79 Å².